The molecule has 0 unspecified atom stereocenters. The van der Waals surface area contributed by atoms with E-state index >= 15 is 0 Å². The summed E-state index contributed by atoms with van der Waals surface area (Å²) >= 11 is 0. The van der Waals surface area contributed by atoms with Crippen molar-refractivity contribution in [3.8, 4) is 11.6 Å². The average molecular weight is 242 g/mol. The molecule has 1 aromatic heterocycles. The van der Waals surface area contributed by atoms with Crippen LogP contribution in [0.2, 0.25) is 0 Å². The minimum absolute atomic E-state index is 0.0190. The van der Waals surface area contributed by atoms with Gasteiger partial charge in [-0.1, -0.05) is 17.7 Å². The van der Waals surface area contributed by atoms with Crippen molar-refractivity contribution >= 4 is 0 Å². The molecule has 2 aromatic rings. The molecule has 3 heteroatoms. The van der Waals surface area contributed by atoms with Crippen LogP contribution in [0.4, 0.5) is 0 Å². The minimum Gasteiger partial charge on any atom is -0.439 e. The zero-order chi connectivity index (χ0) is 13.1. The third-order valence-corrected chi connectivity index (χ3v) is 2.83. The summed E-state index contributed by atoms with van der Waals surface area (Å²) < 4.78 is 5.79. The molecule has 0 spiro atoms. The van der Waals surface area contributed by atoms with Gasteiger partial charge in [0.05, 0.1) is 0 Å². The zero-order valence-corrected chi connectivity index (χ0v) is 11.0. The van der Waals surface area contributed by atoms with Gasteiger partial charge < -0.3 is 10.5 Å². The lowest BCUT2D eigenvalue weighted by molar-refractivity contribution is 0.458. The van der Waals surface area contributed by atoms with E-state index in [4.69, 9.17) is 10.5 Å². The number of rotatable bonds is 3. The molecular weight excluding hydrogens is 224 g/mol. The Kier molecular flexibility index (Phi) is 3.63. The van der Waals surface area contributed by atoms with Gasteiger partial charge in [0.25, 0.3) is 0 Å². The van der Waals surface area contributed by atoms with Crippen LogP contribution in [0.5, 0.6) is 11.6 Å². The van der Waals surface area contributed by atoms with E-state index in [0.717, 1.165) is 16.9 Å². The fourth-order valence-corrected chi connectivity index (χ4v) is 1.79. The van der Waals surface area contributed by atoms with Gasteiger partial charge in [-0.3, -0.25) is 0 Å². The van der Waals surface area contributed by atoms with Crippen LogP contribution < -0.4 is 10.5 Å². The van der Waals surface area contributed by atoms with Crippen molar-refractivity contribution < 1.29 is 4.74 Å². The average Bonchev–Trinajstić information content (AvgIpc) is 2.33. The van der Waals surface area contributed by atoms with Crippen LogP contribution >= 0.6 is 0 Å². The molecule has 2 rings (SSSR count). The molecule has 1 aromatic carbocycles. The maximum absolute atomic E-state index is 5.84. The molecular formula is C15H18N2O. The summed E-state index contributed by atoms with van der Waals surface area (Å²) in [5.41, 5.74) is 9.18. The summed E-state index contributed by atoms with van der Waals surface area (Å²) in [5.74, 6) is 1.41. The molecule has 0 radical (unpaired) electrons. The van der Waals surface area contributed by atoms with E-state index in [-0.39, 0.29) is 6.04 Å². The van der Waals surface area contributed by atoms with E-state index in [9.17, 15) is 0 Å². The summed E-state index contributed by atoms with van der Waals surface area (Å²) in [6.45, 7) is 6.03. The molecule has 0 aliphatic rings. The van der Waals surface area contributed by atoms with Crippen molar-refractivity contribution in [2.24, 2.45) is 5.73 Å². The first-order valence-corrected chi connectivity index (χ1v) is 6.03. The Bertz CT molecular complexity index is 550. The van der Waals surface area contributed by atoms with Gasteiger partial charge in [0.15, 0.2) is 0 Å². The molecule has 2 N–H and O–H groups in total. The van der Waals surface area contributed by atoms with Gasteiger partial charge in [-0.15, -0.1) is 0 Å². The van der Waals surface area contributed by atoms with Crippen molar-refractivity contribution in [1.82, 2.24) is 4.98 Å². The van der Waals surface area contributed by atoms with Gasteiger partial charge in [-0.2, -0.15) is 0 Å². The Morgan fingerprint density at radius 2 is 1.94 bits per heavy atom. The highest BCUT2D eigenvalue weighted by Crippen LogP contribution is 2.25. The van der Waals surface area contributed by atoms with Crippen molar-refractivity contribution in [3.63, 3.8) is 0 Å². The van der Waals surface area contributed by atoms with Gasteiger partial charge in [0.2, 0.25) is 5.88 Å². The van der Waals surface area contributed by atoms with Crippen molar-refractivity contribution in [2.45, 2.75) is 26.8 Å². The monoisotopic (exact) mass is 242 g/mol. The van der Waals surface area contributed by atoms with Crippen LogP contribution in [0.15, 0.2) is 36.5 Å². The number of hydrogen-bond donors (Lipinski definition) is 1. The second-order valence-electron chi connectivity index (χ2n) is 4.59. The van der Waals surface area contributed by atoms with E-state index in [2.05, 4.69) is 18.0 Å². The third-order valence-electron chi connectivity index (χ3n) is 2.83. The molecule has 0 saturated carbocycles. The second-order valence-corrected chi connectivity index (χ2v) is 4.59. The van der Waals surface area contributed by atoms with Crippen LogP contribution in [0.1, 0.15) is 29.7 Å². The molecule has 0 bridgehead atoms. The smallest absolute Gasteiger partial charge is 0.219 e. The number of ether oxygens (including phenoxy) is 1. The quantitative estimate of drug-likeness (QED) is 0.896. The first-order chi connectivity index (χ1) is 8.56. The highest BCUT2D eigenvalue weighted by Gasteiger charge is 2.05. The number of nitrogens with two attached hydrogens (primary N) is 1. The predicted octanol–water partition coefficient (Wildman–Crippen LogP) is 3.51. The van der Waals surface area contributed by atoms with E-state index in [1.807, 2.05) is 38.1 Å². The standard InChI is InChI=1S/C15H18N2O/c1-10-4-5-14(11(2)8-10)18-15-9-13(12(3)16)6-7-17-15/h4-9,12H,16H2,1-3H3/t12-/m0/s1. The second kappa shape index (κ2) is 5.19. The Morgan fingerprint density at radius 1 is 1.17 bits per heavy atom. The fraction of sp³-hybridized carbons (Fsp3) is 0.267. The molecule has 0 fully saturated rings. The summed E-state index contributed by atoms with van der Waals surface area (Å²) in [4.78, 5) is 4.20. The van der Waals surface area contributed by atoms with E-state index in [1.54, 1.807) is 6.20 Å². The van der Waals surface area contributed by atoms with Gasteiger partial charge in [-0.25, -0.2) is 4.98 Å². The molecule has 0 aliphatic heterocycles. The summed E-state index contributed by atoms with van der Waals surface area (Å²) in [6, 6.07) is 9.84. The van der Waals surface area contributed by atoms with E-state index in [0.29, 0.717) is 5.88 Å². The lowest BCUT2D eigenvalue weighted by atomic mass is 10.1. The van der Waals surface area contributed by atoms with Crippen molar-refractivity contribution in [3.05, 3.63) is 53.2 Å². The van der Waals surface area contributed by atoms with Crippen LogP contribution in [0.3, 0.4) is 0 Å². The van der Waals surface area contributed by atoms with Gasteiger partial charge >= 0.3 is 0 Å². The number of aryl methyl sites for hydroxylation is 2. The highest BCUT2D eigenvalue weighted by atomic mass is 16.5. The van der Waals surface area contributed by atoms with Crippen LogP contribution in [0.25, 0.3) is 0 Å². The third kappa shape index (κ3) is 2.87. The first kappa shape index (κ1) is 12.6. The van der Waals surface area contributed by atoms with E-state index in [1.165, 1.54) is 5.56 Å². The van der Waals surface area contributed by atoms with Crippen LogP contribution in [0, 0.1) is 13.8 Å². The van der Waals surface area contributed by atoms with Crippen molar-refractivity contribution in [1.29, 1.82) is 0 Å². The molecule has 18 heavy (non-hydrogen) atoms. The largest absolute Gasteiger partial charge is 0.439 e. The Morgan fingerprint density at radius 3 is 2.61 bits per heavy atom. The predicted molar refractivity (Wildman–Crippen MR) is 72.8 cm³/mol. The van der Waals surface area contributed by atoms with Crippen LogP contribution in [-0.2, 0) is 0 Å². The zero-order valence-electron chi connectivity index (χ0n) is 11.0. The van der Waals surface area contributed by atoms with Crippen LogP contribution in [-0.4, -0.2) is 4.98 Å². The topological polar surface area (TPSA) is 48.1 Å². The summed E-state index contributed by atoms with van der Waals surface area (Å²) in [5, 5.41) is 0. The lowest BCUT2D eigenvalue weighted by Gasteiger charge is -2.10. The van der Waals surface area contributed by atoms with Gasteiger partial charge in [0, 0.05) is 18.3 Å². The van der Waals surface area contributed by atoms with Gasteiger partial charge in [-0.05, 0) is 44.0 Å². The molecule has 0 aliphatic carbocycles. The van der Waals surface area contributed by atoms with Gasteiger partial charge in [0.1, 0.15) is 5.75 Å². The fourth-order valence-electron chi connectivity index (χ4n) is 1.79. The summed E-state index contributed by atoms with van der Waals surface area (Å²) in [7, 11) is 0. The molecule has 1 heterocycles. The number of hydrogen-bond acceptors (Lipinski definition) is 3. The number of nitrogens with zero attached hydrogens (tertiary/aromatic N) is 1. The lowest BCUT2D eigenvalue weighted by Crippen LogP contribution is -2.05. The molecule has 3 nitrogen and oxygen atoms in total. The molecule has 0 saturated heterocycles. The SMILES string of the molecule is Cc1ccc(Oc2cc([C@H](C)N)ccn2)c(C)c1. The number of aromatic nitrogens is 1. The summed E-state index contributed by atoms with van der Waals surface area (Å²) in [6.07, 6.45) is 1.72. The minimum atomic E-state index is -0.0190. The molecule has 94 valence electrons. The Balaban J connectivity index is 2.25. The normalized spacial score (nSPS) is 12.2. The van der Waals surface area contributed by atoms with Crippen molar-refractivity contribution in [2.75, 3.05) is 0 Å². The Hall–Kier alpha value is -1.87. The first-order valence-electron chi connectivity index (χ1n) is 6.03. The number of pyridine rings is 1. The number of benzene rings is 1. The molecule has 1 atom stereocenters. The van der Waals surface area contributed by atoms with E-state index < -0.39 is 0 Å². The maximum Gasteiger partial charge on any atom is 0.219 e. The maximum atomic E-state index is 5.84. The Labute approximate surface area is 108 Å². The highest BCUT2D eigenvalue weighted by molar-refractivity contribution is 5.38. The molecule has 0 amide bonds.